The van der Waals surface area contributed by atoms with E-state index in [4.69, 9.17) is 0 Å². The van der Waals surface area contributed by atoms with Crippen molar-refractivity contribution in [2.24, 2.45) is 23.7 Å². The third kappa shape index (κ3) is 4.97. The number of hydrogen-bond acceptors (Lipinski definition) is 2. The highest BCUT2D eigenvalue weighted by atomic mass is 16.2. The molecule has 24 heavy (non-hydrogen) atoms. The van der Waals surface area contributed by atoms with E-state index in [1.807, 2.05) is 13.8 Å². The van der Waals surface area contributed by atoms with Crippen molar-refractivity contribution in [2.45, 2.75) is 91.1 Å². The summed E-state index contributed by atoms with van der Waals surface area (Å²) in [7, 11) is 0. The lowest BCUT2D eigenvalue weighted by atomic mass is 9.78. The molecule has 0 saturated heterocycles. The van der Waals surface area contributed by atoms with Crippen molar-refractivity contribution < 1.29 is 9.59 Å². The van der Waals surface area contributed by atoms with Crippen molar-refractivity contribution in [2.75, 3.05) is 0 Å². The highest BCUT2D eigenvalue weighted by Crippen LogP contribution is 2.29. The highest BCUT2D eigenvalue weighted by molar-refractivity contribution is 5.88. The van der Waals surface area contributed by atoms with Gasteiger partial charge in [-0.2, -0.15) is 0 Å². The van der Waals surface area contributed by atoms with Gasteiger partial charge in [-0.1, -0.05) is 59.8 Å². The molecule has 2 N–H and O–H groups in total. The van der Waals surface area contributed by atoms with E-state index in [0.717, 1.165) is 32.1 Å². The molecule has 2 aliphatic carbocycles. The predicted molar refractivity (Wildman–Crippen MR) is 97.5 cm³/mol. The standard InChI is InChI=1S/C20H36N2O2/c1-13(2)18(22-19(23)16-10-6-5-7-11-16)20(24)21-17-12-8-9-14(3)15(17)4/h13-18H,5-12H2,1-4H3,(H,21,24)(H,22,23)/t14-,15-,17-,18-/m1/s1. The van der Waals surface area contributed by atoms with Gasteiger partial charge >= 0.3 is 0 Å². The van der Waals surface area contributed by atoms with Crippen LogP contribution < -0.4 is 10.6 Å². The molecule has 4 heteroatoms. The third-order valence-corrected chi connectivity index (χ3v) is 6.26. The van der Waals surface area contributed by atoms with E-state index in [-0.39, 0.29) is 29.7 Å². The van der Waals surface area contributed by atoms with Crippen molar-refractivity contribution in [1.29, 1.82) is 0 Å². The first-order valence-corrected chi connectivity index (χ1v) is 10.0. The molecular formula is C20H36N2O2. The van der Waals surface area contributed by atoms with Gasteiger partial charge in [0.05, 0.1) is 0 Å². The van der Waals surface area contributed by atoms with Crippen LogP contribution in [-0.2, 0) is 9.59 Å². The monoisotopic (exact) mass is 336 g/mol. The second-order valence-corrected chi connectivity index (χ2v) is 8.45. The van der Waals surface area contributed by atoms with Crippen LogP contribution in [0.3, 0.4) is 0 Å². The molecule has 0 aliphatic heterocycles. The van der Waals surface area contributed by atoms with Gasteiger partial charge in [-0.05, 0) is 37.0 Å². The summed E-state index contributed by atoms with van der Waals surface area (Å²) in [6.45, 7) is 8.53. The van der Waals surface area contributed by atoms with E-state index in [2.05, 4.69) is 24.5 Å². The summed E-state index contributed by atoms with van der Waals surface area (Å²) in [5, 5.41) is 6.29. The van der Waals surface area contributed by atoms with Gasteiger partial charge in [-0.15, -0.1) is 0 Å². The minimum Gasteiger partial charge on any atom is -0.351 e. The zero-order chi connectivity index (χ0) is 17.7. The molecule has 0 aromatic carbocycles. The van der Waals surface area contributed by atoms with Crippen LogP contribution in [0.1, 0.15) is 79.1 Å². The molecule has 0 aromatic rings. The van der Waals surface area contributed by atoms with Crippen LogP contribution in [0.25, 0.3) is 0 Å². The van der Waals surface area contributed by atoms with Gasteiger partial charge in [-0.3, -0.25) is 9.59 Å². The summed E-state index contributed by atoms with van der Waals surface area (Å²) in [6, 6.07) is -0.169. The topological polar surface area (TPSA) is 58.2 Å². The van der Waals surface area contributed by atoms with Gasteiger partial charge in [0, 0.05) is 12.0 Å². The molecule has 0 unspecified atom stereocenters. The fourth-order valence-electron chi connectivity index (χ4n) is 4.23. The summed E-state index contributed by atoms with van der Waals surface area (Å²) >= 11 is 0. The SMILES string of the molecule is CC(C)[C@@H](NC(=O)C1CCCCC1)C(=O)N[C@@H]1CCC[C@@H](C)[C@H]1C. The van der Waals surface area contributed by atoms with Gasteiger partial charge < -0.3 is 10.6 Å². The van der Waals surface area contributed by atoms with Crippen LogP contribution in [0.5, 0.6) is 0 Å². The fourth-order valence-corrected chi connectivity index (χ4v) is 4.23. The molecule has 0 bridgehead atoms. The van der Waals surface area contributed by atoms with E-state index >= 15 is 0 Å². The van der Waals surface area contributed by atoms with Gasteiger partial charge in [0.25, 0.3) is 0 Å². The lowest BCUT2D eigenvalue weighted by Gasteiger charge is -2.36. The zero-order valence-corrected chi connectivity index (χ0v) is 15.9. The maximum absolute atomic E-state index is 12.8. The lowest BCUT2D eigenvalue weighted by molar-refractivity contribution is -0.133. The molecule has 0 heterocycles. The largest absolute Gasteiger partial charge is 0.351 e. The quantitative estimate of drug-likeness (QED) is 0.805. The average molecular weight is 337 g/mol. The number of carbonyl (C=O) groups excluding carboxylic acids is 2. The van der Waals surface area contributed by atoms with Gasteiger partial charge in [0.1, 0.15) is 6.04 Å². The second kappa shape index (κ2) is 8.87. The second-order valence-electron chi connectivity index (χ2n) is 8.45. The Morgan fingerprint density at radius 2 is 1.58 bits per heavy atom. The Kier molecular flexibility index (Phi) is 7.12. The Bertz CT molecular complexity index is 429. The zero-order valence-electron chi connectivity index (χ0n) is 15.9. The highest BCUT2D eigenvalue weighted by Gasteiger charge is 2.33. The maximum Gasteiger partial charge on any atom is 0.243 e. The minimum atomic E-state index is -0.413. The summed E-state index contributed by atoms with van der Waals surface area (Å²) in [4.78, 5) is 25.3. The Balaban J connectivity index is 1.93. The molecule has 2 fully saturated rings. The molecule has 2 rings (SSSR count). The number of carbonyl (C=O) groups is 2. The van der Waals surface area contributed by atoms with Crippen LogP contribution in [-0.4, -0.2) is 23.9 Å². The van der Waals surface area contributed by atoms with Crippen LogP contribution in [0.4, 0.5) is 0 Å². The first-order chi connectivity index (χ1) is 11.4. The molecule has 0 spiro atoms. The van der Waals surface area contributed by atoms with Crippen molar-refractivity contribution >= 4 is 11.8 Å². The Labute approximate surface area is 147 Å². The van der Waals surface area contributed by atoms with E-state index < -0.39 is 6.04 Å². The average Bonchev–Trinajstić information content (AvgIpc) is 2.57. The third-order valence-electron chi connectivity index (χ3n) is 6.26. The molecule has 4 atom stereocenters. The maximum atomic E-state index is 12.8. The summed E-state index contributed by atoms with van der Waals surface area (Å²) in [5.74, 6) is 1.44. The molecular weight excluding hydrogens is 300 g/mol. The lowest BCUT2D eigenvalue weighted by Crippen LogP contribution is -2.55. The Morgan fingerprint density at radius 3 is 2.21 bits per heavy atom. The van der Waals surface area contributed by atoms with E-state index in [0.29, 0.717) is 11.8 Å². The summed E-state index contributed by atoms with van der Waals surface area (Å²) in [6.07, 6.45) is 8.91. The van der Waals surface area contributed by atoms with Crippen LogP contribution in [0.15, 0.2) is 0 Å². The molecule has 0 aromatic heterocycles. The van der Waals surface area contributed by atoms with Crippen molar-refractivity contribution in [3.8, 4) is 0 Å². The minimum absolute atomic E-state index is 0.000101. The normalized spacial score (nSPS) is 30.0. The van der Waals surface area contributed by atoms with Crippen molar-refractivity contribution in [3.05, 3.63) is 0 Å². The molecule has 2 saturated carbocycles. The molecule has 4 nitrogen and oxygen atoms in total. The smallest absolute Gasteiger partial charge is 0.243 e. The Hall–Kier alpha value is -1.06. The molecule has 0 radical (unpaired) electrons. The van der Waals surface area contributed by atoms with Crippen LogP contribution in [0.2, 0.25) is 0 Å². The number of rotatable bonds is 5. The molecule has 2 aliphatic rings. The van der Waals surface area contributed by atoms with Crippen molar-refractivity contribution in [1.82, 2.24) is 10.6 Å². The van der Waals surface area contributed by atoms with Crippen molar-refractivity contribution in [3.63, 3.8) is 0 Å². The van der Waals surface area contributed by atoms with Gasteiger partial charge in [0.15, 0.2) is 0 Å². The van der Waals surface area contributed by atoms with E-state index in [1.54, 1.807) is 0 Å². The van der Waals surface area contributed by atoms with Crippen LogP contribution in [0, 0.1) is 23.7 Å². The summed E-state index contributed by atoms with van der Waals surface area (Å²) in [5.41, 5.74) is 0. The van der Waals surface area contributed by atoms with E-state index in [1.165, 1.54) is 19.3 Å². The fraction of sp³-hybridized carbons (Fsp3) is 0.900. The van der Waals surface area contributed by atoms with Gasteiger partial charge in [-0.25, -0.2) is 0 Å². The summed E-state index contributed by atoms with van der Waals surface area (Å²) < 4.78 is 0. The van der Waals surface area contributed by atoms with E-state index in [9.17, 15) is 9.59 Å². The Morgan fingerprint density at radius 1 is 0.917 bits per heavy atom. The predicted octanol–water partition coefficient (Wildman–Crippen LogP) is 3.65. The first kappa shape index (κ1) is 19.3. The molecule has 138 valence electrons. The number of nitrogens with one attached hydrogen (secondary N) is 2. The van der Waals surface area contributed by atoms with Crippen LogP contribution >= 0.6 is 0 Å². The number of hydrogen-bond donors (Lipinski definition) is 2. The number of amides is 2. The first-order valence-electron chi connectivity index (χ1n) is 10.0. The van der Waals surface area contributed by atoms with Gasteiger partial charge in [0.2, 0.25) is 11.8 Å². The molecule has 2 amide bonds.